The number of rotatable bonds is 2. The Balaban J connectivity index is 2.32. The van der Waals surface area contributed by atoms with Crippen molar-refractivity contribution in [2.75, 3.05) is 0 Å². The van der Waals surface area contributed by atoms with Gasteiger partial charge in [-0.25, -0.2) is 4.79 Å². The fraction of sp³-hybridized carbons (Fsp3) is 0.0588. The van der Waals surface area contributed by atoms with Crippen LogP contribution >= 0.6 is 0 Å². The highest BCUT2D eigenvalue weighted by Gasteiger charge is 2.10. The summed E-state index contributed by atoms with van der Waals surface area (Å²) in [6.07, 6.45) is 0. The van der Waals surface area contributed by atoms with Crippen LogP contribution in [0.1, 0.15) is 5.69 Å². The second kappa shape index (κ2) is 5.13. The standard InChI is InChI=1S/C17H14N2O/c1-13-12-16(14-8-4-2-5-9-14)19(17(20)18-13)15-10-6-3-7-11-15/h2-12H,1H3. The molecular weight excluding hydrogens is 248 g/mol. The molecule has 1 aromatic heterocycles. The van der Waals surface area contributed by atoms with Crippen molar-refractivity contribution in [1.82, 2.24) is 9.55 Å². The van der Waals surface area contributed by atoms with Gasteiger partial charge in [-0.15, -0.1) is 0 Å². The smallest absolute Gasteiger partial charge is 0.261 e. The van der Waals surface area contributed by atoms with Crippen molar-refractivity contribution in [2.24, 2.45) is 0 Å². The van der Waals surface area contributed by atoms with Gasteiger partial charge in [-0.2, -0.15) is 4.98 Å². The summed E-state index contributed by atoms with van der Waals surface area (Å²) >= 11 is 0. The second-order valence-electron chi connectivity index (χ2n) is 4.60. The minimum atomic E-state index is -0.255. The highest BCUT2D eigenvalue weighted by Crippen LogP contribution is 2.21. The fourth-order valence-electron chi connectivity index (χ4n) is 2.25. The van der Waals surface area contributed by atoms with Crippen molar-refractivity contribution in [3.05, 3.63) is 82.9 Å². The van der Waals surface area contributed by atoms with Crippen molar-refractivity contribution in [2.45, 2.75) is 6.92 Å². The molecule has 20 heavy (non-hydrogen) atoms. The van der Waals surface area contributed by atoms with Crippen LogP contribution in [0.3, 0.4) is 0 Å². The molecule has 98 valence electrons. The average molecular weight is 262 g/mol. The van der Waals surface area contributed by atoms with Gasteiger partial charge < -0.3 is 0 Å². The lowest BCUT2D eigenvalue weighted by Gasteiger charge is -2.13. The molecule has 3 rings (SSSR count). The zero-order chi connectivity index (χ0) is 13.9. The number of hydrogen-bond acceptors (Lipinski definition) is 2. The van der Waals surface area contributed by atoms with Crippen molar-refractivity contribution in [1.29, 1.82) is 0 Å². The molecule has 0 aliphatic heterocycles. The lowest BCUT2D eigenvalue weighted by molar-refractivity contribution is 0.903. The Morgan fingerprint density at radius 3 is 2.15 bits per heavy atom. The van der Waals surface area contributed by atoms with Gasteiger partial charge in [-0.1, -0.05) is 48.5 Å². The zero-order valence-corrected chi connectivity index (χ0v) is 11.2. The average Bonchev–Trinajstić information content (AvgIpc) is 2.48. The highest BCUT2D eigenvalue weighted by molar-refractivity contribution is 5.62. The van der Waals surface area contributed by atoms with E-state index in [1.165, 1.54) is 0 Å². The molecule has 1 heterocycles. The Labute approximate surface area is 117 Å². The number of para-hydroxylation sites is 1. The van der Waals surface area contributed by atoms with Crippen molar-refractivity contribution < 1.29 is 0 Å². The molecule has 2 aromatic carbocycles. The molecule has 0 aliphatic rings. The van der Waals surface area contributed by atoms with Crippen molar-refractivity contribution in [3.63, 3.8) is 0 Å². The number of nitrogens with zero attached hydrogens (tertiary/aromatic N) is 2. The first-order chi connectivity index (χ1) is 9.75. The summed E-state index contributed by atoms with van der Waals surface area (Å²) in [4.78, 5) is 16.3. The van der Waals surface area contributed by atoms with Gasteiger partial charge in [0.15, 0.2) is 0 Å². The van der Waals surface area contributed by atoms with Crippen molar-refractivity contribution in [3.8, 4) is 16.9 Å². The predicted octanol–water partition coefficient (Wildman–Crippen LogP) is 3.21. The van der Waals surface area contributed by atoms with Gasteiger partial charge in [0.2, 0.25) is 0 Å². The molecule has 0 saturated carbocycles. The Morgan fingerprint density at radius 2 is 1.50 bits per heavy atom. The molecule has 0 amide bonds. The lowest BCUT2D eigenvalue weighted by Crippen LogP contribution is -2.23. The summed E-state index contributed by atoms with van der Waals surface area (Å²) in [6.45, 7) is 1.84. The minimum absolute atomic E-state index is 0.255. The van der Waals surface area contributed by atoms with E-state index in [9.17, 15) is 4.79 Å². The van der Waals surface area contributed by atoms with Crippen LogP contribution in [-0.4, -0.2) is 9.55 Å². The van der Waals surface area contributed by atoms with Crippen LogP contribution in [0.25, 0.3) is 16.9 Å². The molecule has 0 spiro atoms. The molecule has 3 heteroatoms. The van der Waals surface area contributed by atoms with Crippen LogP contribution in [0, 0.1) is 6.92 Å². The van der Waals surface area contributed by atoms with Crippen molar-refractivity contribution >= 4 is 0 Å². The van der Waals surface area contributed by atoms with Crippen LogP contribution in [0.2, 0.25) is 0 Å². The first-order valence-electron chi connectivity index (χ1n) is 6.47. The Hall–Kier alpha value is -2.68. The monoisotopic (exact) mass is 262 g/mol. The Bertz CT molecular complexity index is 777. The van der Waals surface area contributed by atoms with E-state index in [1.807, 2.05) is 73.7 Å². The van der Waals surface area contributed by atoms with Gasteiger partial charge in [0.25, 0.3) is 0 Å². The predicted molar refractivity (Wildman–Crippen MR) is 80.0 cm³/mol. The summed E-state index contributed by atoms with van der Waals surface area (Å²) in [5, 5.41) is 0. The first kappa shape index (κ1) is 12.4. The zero-order valence-electron chi connectivity index (χ0n) is 11.2. The molecule has 0 fully saturated rings. The first-order valence-corrected chi connectivity index (χ1v) is 6.47. The third-order valence-electron chi connectivity index (χ3n) is 3.13. The van der Waals surface area contributed by atoms with E-state index in [-0.39, 0.29) is 5.69 Å². The quantitative estimate of drug-likeness (QED) is 0.710. The number of aromatic nitrogens is 2. The molecule has 0 radical (unpaired) electrons. The van der Waals surface area contributed by atoms with E-state index in [4.69, 9.17) is 0 Å². The summed E-state index contributed by atoms with van der Waals surface area (Å²) in [6, 6.07) is 21.4. The van der Waals surface area contributed by atoms with E-state index in [2.05, 4.69) is 4.98 Å². The normalized spacial score (nSPS) is 10.4. The molecule has 0 N–H and O–H groups in total. The number of aryl methyl sites for hydroxylation is 1. The van der Waals surface area contributed by atoms with Gasteiger partial charge in [0.1, 0.15) is 0 Å². The SMILES string of the molecule is Cc1cc(-c2ccccc2)n(-c2ccccc2)c(=O)n1. The molecule has 0 unspecified atom stereocenters. The van der Waals surface area contributed by atoms with Crippen LogP contribution in [-0.2, 0) is 0 Å². The van der Waals surface area contributed by atoms with Crippen LogP contribution in [0.4, 0.5) is 0 Å². The van der Waals surface area contributed by atoms with Crippen LogP contribution in [0.5, 0.6) is 0 Å². The second-order valence-corrected chi connectivity index (χ2v) is 4.60. The van der Waals surface area contributed by atoms with Gasteiger partial charge in [-0.3, -0.25) is 4.57 Å². The van der Waals surface area contributed by atoms with E-state index >= 15 is 0 Å². The summed E-state index contributed by atoms with van der Waals surface area (Å²) in [5.41, 5.74) is 3.15. The summed E-state index contributed by atoms with van der Waals surface area (Å²) in [5.74, 6) is 0. The molecule has 3 nitrogen and oxygen atoms in total. The maximum absolute atomic E-state index is 12.3. The van der Waals surface area contributed by atoms with Gasteiger partial charge >= 0.3 is 5.69 Å². The number of hydrogen-bond donors (Lipinski definition) is 0. The van der Waals surface area contributed by atoms with Gasteiger partial charge in [0.05, 0.1) is 11.4 Å². The maximum Gasteiger partial charge on any atom is 0.352 e. The molecule has 3 aromatic rings. The largest absolute Gasteiger partial charge is 0.352 e. The lowest BCUT2D eigenvalue weighted by atomic mass is 10.1. The third kappa shape index (κ3) is 2.26. The molecule has 0 saturated heterocycles. The maximum atomic E-state index is 12.3. The minimum Gasteiger partial charge on any atom is -0.261 e. The third-order valence-corrected chi connectivity index (χ3v) is 3.13. The molecule has 0 atom stereocenters. The summed E-state index contributed by atoms with van der Waals surface area (Å²) in [7, 11) is 0. The fourth-order valence-corrected chi connectivity index (χ4v) is 2.25. The van der Waals surface area contributed by atoms with Crippen LogP contribution < -0.4 is 5.69 Å². The van der Waals surface area contributed by atoms with E-state index in [0.29, 0.717) is 0 Å². The number of benzene rings is 2. The van der Waals surface area contributed by atoms with Gasteiger partial charge in [0, 0.05) is 5.69 Å². The molecule has 0 bridgehead atoms. The Morgan fingerprint density at radius 1 is 0.900 bits per heavy atom. The molecular formula is C17H14N2O. The Kier molecular flexibility index (Phi) is 3.17. The molecule has 0 aliphatic carbocycles. The van der Waals surface area contributed by atoms with Gasteiger partial charge in [-0.05, 0) is 30.7 Å². The van der Waals surface area contributed by atoms with Crippen LogP contribution in [0.15, 0.2) is 71.5 Å². The summed E-state index contributed by atoms with van der Waals surface area (Å²) < 4.78 is 1.64. The van der Waals surface area contributed by atoms with E-state index in [0.717, 1.165) is 22.6 Å². The van der Waals surface area contributed by atoms with E-state index in [1.54, 1.807) is 4.57 Å². The highest BCUT2D eigenvalue weighted by atomic mass is 16.1. The topological polar surface area (TPSA) is 34.9 Å². The van der Waals surface area contributed by atoms with E-state index < -0.39 is 0 Å².